The van der Waals surface area contributed by atoms with Crippen molar-refractivity contribution in [2.45, 2.75) is 26.9 Å². The van der Waals surface area contributed by atoms with Gasteiger partial charge in [-0.1, -0.05) is 11.6 Å². The molecule has 0 fully saturated rings. The Labute approximate surface area is 77.5 Å². The van der Waals surface area contributed by atoms with Gasteiger partial charge in [0.1, 0.15) is 0 Å². The lowest BCUT2D eigenvalue weighted by molar-refractivity contribution is 0.232. The minimum Gasteiger partial charge on any atom is -0.475 e. The Morgan fingerprint density at radius 2 is 2.17 bits per heavy atom. The standard InChI is InChI=1S/C9H12ClNO/c1-6(2)12-9-4-8(10)7(3)5-11-9/h4-6H,1-3H3. The minimum atomic E-state index is 0.135. The predicted octanol–water partition coefficient (Wildman–Crippen LogP) is 2.83. The number of aryl methyl sites for hydroxylation is 1. The molecule has 0 saturated carbocycles. The Kier molecular flexibility index (Phi) is 2.93. The Bertz CT molecular complexity index is 273. The van der Waals surface area contributed by atoms with E-state index in [4.69, 9.17) is 16.3 Å². The summed E-state index contributed by atoms with van der Waals surface area (Å²) in [7, 11) is 0. The zero-order chi connectivity index (χ0) is 9.14. The van der Waals surface area contributed by atoms with Crippen LogP contribution in [0.25, 0.3) is 0 Å². The van der Waals surface area contributed by atoms with Crippen LogP contribution < -0.4 is 4.74 Å². The molecule has 0 aliphatic rings. The van der Waals surface area contributed by atoms with Crippen LogP contribution in [0.3, 0.4) is 0 Å². The Morgan fingerprint density at radius 1 is 1.50 bits per heavy atom. The highest BCUT2D eigenvalue weighted by Crippen LogP contribution is 2.19. The van der Waals surface area contributed by atoms with Crippen molar-refractivity contribution in [3.8, 4) is 5.88 Å². The van der Waals surface area contributed by atoms with Gasteiger partial charge in [-0.25, -0.2) is 4.98 Å². The zero-order valence-corrected chi connectivity index (χ0v) is 8.22. The van der Waals surface area contributed by atoms with Crippen molar-refractivity contribution < 1.29 is 4.74 Å². The van der Waals surface area contributed by atoms with E-state index in [1.807, 2.05) is 20.8 Å². The fourth-order valence-corrected chi connectivity index (χ4v) is 0.930. The van der Waals surface area contributed by atoms with Crippen LogP contribution in [0.5, 0.6) is 5.88 Å². The summed E-state index contributed by atoms with van der Waals surface area (Å²) >= 11 is 5.88. The lowest BCUT2D eigenvalue weighted by atomic mass is 10.3. The molecule has 0 atom stereocenters. The Hall–Kier alpha value is -0.760. The molecular weight excluding hydrogens is 174 g/mol. The summed E-state index contributed by atoms with van der Waals surface area (Å²) in [6.45, 7) is 5.82. The third-order valence-electron chi connectivity index (χ3n) is 1.37. The van der Waals surface area contributed by atoms with Gasteiger partial charge in [-0.05, 0) is 26.3 Å². The second kappa shape index (κ2) is 3.76. The molecule has 0 bridgehead atoms. The number of hydrogen-bond donors (Lipinski definition) is 0. The number of ether oxygens (including phenoxy) is 1. The van der Waals surface area contributed by atoms with Crippen LogP contribution in [-0.2, 0) is 0 Å². The van der Waals surface area contributed by atoms with E-state index in [9.17, 15) is 0 Å². The van der Waals surface area contributed by atoms with Gasteiger partial charge in [-0.2, -0.15) is 0 Å². The summed E-state index contributed by atoms with van der Waals surface area (Å²) in [5, 5.41) is 0.695. The third-order valence-corrected chi connectivity index (χ3v) is 1.78. The molecule has 12 heavy (non-hydrogen) atoms. The van der Waals surface area contributed by atoms with E-state index in [0.717, 1.165) is 5.56 Å². The first kappa shape index (κ1) is 9.33. The first-order chi connectivity index (χ1) is 5.59. The first-order valence-corrected chi connectivity index (χ1v) is 4.26. The highest BCUT2D eigenvalue weighted by Gasteiger charge is 2.01. The quantitative estimate of drug-likeness (QED) is 0.707. The number of halogens is 1. The van der Waals surface area contributed by atoms with Gasteiger partial charge in [-0.3, -0.25) is 0 Å². The molecular formula is C9H12ClNO. The fourth-order valence-electron chi connectivity index (χ4n) is 0.788. The van der Waals surface area contributed by atoms with E-state index in [-0.39, 0.29) is 6.10 Å². The number of pyridine rings is 1. The topological polar surface area (TPSA) is 22.1 Å². The first-order valence-electron chi connectivity index (χ1n) is 3.88. The number of hydrogen-bond acceptors (Lipinski definition) is 2. The van der Waals surface area contributed by atoms with Crippen molar-refractivity contribution in [2.24, 2.45) is 0 Å². The fraction of sp³-hybridized carbons (Fsp3) is 0.444. The van der Waals surface area contributed by atoms with Crippen LogP contribution >= 0.6 is 11.6 Å². The largest absolute Gasteiger partial charge is 0.475 e. The average molecular weight is 186 g/mol. The van der Waals surface area contributed by atoms with Crippen molar-refractivity contribution in [3.63, 3.8) is 0 Å². The van der Waals surface area contributed by atoms with Crippen molar-refractivity contribution in [1.29, 1.82) is 0 Å². The molecule has 0 aromatic carbocycles. The van der Waals surface area contributed by atoms with Gasteiger partial charge in [0.2, 0.25) is 5.88 Å². The molecule has 1 aromatic rings. The lowest BCUT2D eigenvalue weighted by Crippen LogP contribution is -2.06. The molecule has 1 rings (SSSR count). The summed E-state index contributed by atoms with van der Waals surface area (Å²) in [4.78, 5) is 4.07. The van der Waals surface area contributed by atoms with Gasteiger partial charge in [0.05, 0.1) is 11.1 Å². The Morgan fingerprint density at radius 3 is 2.67 bits per heavy atom. The molecule has 0 N–H and O–H groups in total. The average Bonchev–Trinajstić information content (AvgIpc) is 1.96. The monoisotopic (exact) mass is 185 g/mol. The third kappa shape index (κ3) is 2.38. The van der Waals surface area contributed by atoms with Crippen LogP contribution in [0.4, 0.5) is 0 Å². The second-order valence-electron chi connectivity index (χ2n) is 2.94. The maximum atomic E-state index is 5.88. The van der Waals surface area contributed by atoms with Gasteiger partial charge in [0.25, 0.3) is 0 Å². The molecule has 1 heterocycles. The van der Waals surface area contributed by atoms with E-state index in [2.05, 4.69) is 4.98 Å². The van der Waals surface area contributed by atoms with Gasteiger partial charge in [0.15, 0.2) is 0 Å². The molecule has 1 aromatic heterocycles. The summed E-state index contributed by atoms with van der Waals surface area (Å²) < 4.78 is 5.35. The van der Waals surface area contributed by atoms with E-state index in [1.54, 1.807) is 12.3 Å². The van der Waals surface area contributed by atoms with Crippen molar-refractivity contribution >= 4 is 11.6 Å². The summed E-state index contributed by atoms with van der Waals surface area (Å²) in [5.74, 6) is 0.584. The molecule has 0 radical (unpaired) electrons. The normalized spacial score (nSPS) is 10.4. The van der Waals surface area contributed by atoms with Crippen LogP contribution in [0, 0.1) is 6.92 Å². The van der Waals surface area contributed by atoms with Gasteiger partial charge >= 0.3 is 0 Å². The van der Waals surface area contributed by atoms with Crippen LogP contribution in [-0.4, -0.2) is 11.1 Å². The SMILES string of the molecule is Cc1cnc(OC(C)C)cc1Cl. The van der Waals surface area contributed by atoms with Crippen molar-refractivity contribution in [2.75, 3.05) is 0 Å². The van der Waals surface area contributed by atoms with Gasteiger partial charge in [0, 0.05) is 12.3 Å². The summed E-state index contributed by atoms with van der Waals surface area (Å²) in [6.07, 6.45) is 1.84. The van der Waals surface area contributed by atoms with E-state index >= 15 is 0 Å². The molecule has 0 aliphatic carbocycles. The van der Waals surface area contributed by atoms with Gasteiger partial charge < -0.3 is 4.74 Å². The van der Waals surface area contributed by atoms with E-state index < -0.39 is 0 Å². The highest BCUT2D eigenvalue weighted by atomic mass is 35.5. The summed E-state index contributed by atoms with van der Waals surface area (Å²) in [6, 6.07) is 1.73. The predicted molar refractivity (Wildman–Crippen MR) is 49.7 cm³/mol. The molecule has 0 unspecified atom stereocenters. The van der Waals surface area contributed by atoms with E-state index in [1.165, 1.54) is 0 Å². The van der Waals surface area contributed by atoms with Crippen LogP contribution in [0.2, 0.25) is 5.02 Å². The Balaban J connectivity index is 2.82. The molecule has 66 valence electrons. The van der Waals surface area contributed by atoms with Gasteiger partial charge in [-0.15, -0.1) is 0 Å². The van der Waals surface area contributed by atoms with Crippen molar-refractivity contribution in [3.05, 3.63) is 22.8 Å². The van der Waals surface area contributed by atoms with Crippen LogP contribution in [0.15, 0.2) is 12.3 Å². The zero-order valence-electron chi connectivity index (χ0n) is 7.47. The highest BCUT2D eigenvalue weighted by molar-refractivity contribution is 6.31. The van der Waals surface area contributed by atoms with Crippen molar-refractivity contribution in [1.82, 2.24) is 4.98 Å². The number of aromatic nitrogens is 1. The number of nitrogens with zero attached hydrogens (tertiary/aromatic N) is 1. The molecule has 0 saturated heterocycles. The lowest BCUT2D eigenvalue weighted by Gasteiger charge is -2.08. The summed E-state index contributed by atoms with van der Waals surface area (Å²) in [5.41, 5.74) is 0.966. The second-order valence-corrected chi connectivity index (χ2v) is 3.35. The molecule has 0 aliphatic heterocycles. The van der Waals surface area contributed by atoms with Crippen LogP contribution in [0.1, 0.15) is 19.4 Å². The molecule has 0 spiro atoms. The maximum absolute atomic E-state index is 5.88. The molecule has 3 heteroatoms. The minimum absolute atomic E-state index is 0.135. The molecule has 0 amide bonds. The molecule has 2 nitrogen and oxygen atoms in total. The maximum Gasteiger partial charge on any atom is 0.214 e. The smallest absolute Gasteiger partial charge is 0.214 e. The number of rotatable bonds is 2. The van der Waals surface area contributed by atoms with E-state index in [0.29, 0.717) is 10.9 Å².